The maximum Gasteiger partial charge on any atom is 0.164 e. The van der Waals surface area contributed by atoms with E-state index in [0.717, 1.165) is 54.8 Å². The largest absolute Gasteiger partial charge is 0.455 e. The van der Waals surface area contributed by atoms with E-state index in [2.05, 4.69) is 109 Å². The van der Waals surface area contributed by atoms with Crippen LogP contribution in [0.2, 0.25) is 0 Å². The van der Waals surface area contributed by atoms with E-state index < -0.39 is 0 Å². The van der Waals surface area contributed by atoms with Gasteiger partial charge < -0.3 is 4.42 Å². The molecule has 0 bridgehead atoms. The molecule has 10 aromatic rings. The Morgan fingerprint density at radius 3 is 2.00 bits per heavy atom. The second-order valence-corrected chi connectivity index (χ2v) is 12.6. The normalized spacial score (nSPS) is 11.9. The minimum atomic E-state index is 0.618. The lowest BCUT2D eigenvalue weighted by molar-refractivity contribution is 0.673. The van der Waals surface area contributed by atoms with Crippen molar-refractivity contribution in [2.75, 3.05) is 0 Å². The van der Waals surface area contributed by atoms with E-state index in [0.29, 0.717) is 17.5 Å². The van der Waals surface area contributed by atoms with Crippen LogP contribution in [-0.4, -0.2) is 15.0 Å². The maximum absolute atomic E-state index is 6.69. The fraction of sp³-hybridized carbons (Fsp3) is 0. The number of hydrogen-bond acceptors (Lipinski definition) is 5. The molecule has 46 heavy (non-hydrogen) atoms. The third-order valence-electron chi connectivity index (χ3n) is 8.90. The Morgan fingerprint density at radius 2 is 1.11 bits per heavy atom. The summed E-state index contributed by atoms with van der Waals surface area (Å²) in [5.74, 6) is 1.90. The van der Waals surface area contributed by atoms with Crippen molar-refractivity contribution in [2.24, 2.45) is 0 Å². The summed E-state index contributed by atoms with van der Waals surface area (Å²) in [4.78, 5) is 15.6. The third-order valence-corrected chi connectivity index (χ3v) is 10.0. The number of fused-ring (bicyclic) bond motifs is 10. The molecule has 0 fully saturated rings. The number of para-hydroxylation sites is 1. The van der Waals surface area contributed by atoms with E-state index in [1.54, 1.807) is 11.3 Å². The number of thiophene rings is 1. The highest BCUT2D eigenvalue weighted by atomic mass is 32.1. The molecular weight excluding hydrogens is 583 g/mol. The van der Waals surface area contributed by atoms with Crippen molar-refractivity contribution in [3.63, 3.8) is 0 Å². The van der Waals surface area contributed by atoms with E-state index in [4.69, 9.17) is 19.4 Å². The first-order valence-corrected chi connectivity index (χ1v) is 16.1. The highest BCUT2D eigenvalue weighted by Gasteiger charge is 2.22. The minimum Gasteiger partial charge on any atom is -0.455 e. The number of nitrogens with zero attached hydrogens (tertiary/aromatic N) is 3. The van der Waals surface area contributed by atoms with Gasteiger partial charge in [0.2, 0.25) is 0 Å². The SMILES string of the molecule is c1ccc(-c2nc(-c3cccc4sc5ccccc5c34)nc(-c3cc4ccc5ccccc5c4c4oc5ccccc5c34)n2)cc1. The molecule has 0 atom stereocenters. The quantitative estimate of drug-likeness (QED) is 0.188. The zero-order valence-electron chi connectivity index (χ0n) is 24.4. The van der Waals surface area contributed by atoms with Crippen molar-refractivity contribution in [3.8, 4) is 34.2 Å². The summed E-state index contributed by atoms with van der Waals surface area (Å²) < 4.78 is 9.15. The second kappa shape index (κ2) is 9.80. The molecule has 0 N–H and O–H groups in total. The summed E-state index contributed by atoms with van der Waals surface area (Å²) in [5, 5.41) is 8.94. The summed E-state index contributed by atoms with van der Waals surface area (Å²) in [5.41, 5.74) is 4.54. The molecule has 10 rings (SSSR count). The van der Waals surface area contributed by atoms with Crippen LogP contribution in [0.5, 0.6) is 0 Å². The monoisotopic (exact) mass is 605 g/mol. The van der Waals surface area contributed by atoms with Crippen LogP contribution in [0, 0.1) is 0 Å². The molecule has 5 heteroatoms. The second-order valence-electron chi connectivity index (χ2n) is 11.6. The van der Waals surface area contributed by atoms with Gasteiger partial charge in [-0.25, -0.2) is 15.0 Å². The Bertz CT molecular complexity index is 2820. The molecular formula is C41H23N3OS. The van der Waals surface area contributed by atoms with Crippen LogP contribution in [0.15, 0.2) is 144 Å². The van der Waals surface area contributed by atoms with Crippen molar-refractivity contribution in [1.29, 1.82) is 0 Å². The van der Waals surface area contributed by atoms with Gasteiger partial charge in [-0.15, -0.1) is 11.3 Å². The van der Waals surface area contributed by atoms with E-state index >= 15 is 0 Å². The van der Waals surface area contributed by atoms with Gasteiger partial charge in [0.05, 0.1) is 0 Å². The summed E-state index contributed by atoms with van der Waals surface area (Å²) in [6.07, 6.45) is 0. The van der Waals surface area contributed by atoms with Gasteiger partial charge in [-0.05, 0) is 40.4 Å². The molecule has 0 saturated carbocycles. The Labute approximate surface area is 267 Å². The van der Waals surface area contributed by atoms with Crippen molar-refractivity contribution in [3.05, 3.63) is 140 Å². The van der Waals surface area contributed by atoms with Crippen LogP contribution in [0.25, 0.3) is 97.8 Å². The van der Waals surface area contributed by atoms with Gasteiger partial charge in [0.1, 0.15) is 11.2 Å². The highest BCUT2D eigenvalue weighted by Crippen LogP contribution is 2.44. The zero-order valence-corrected chi connectivity index (χ0v) is 25.3. The first kappa shape index (κ1) is 25.4. The molecule has 0 aliphatic rings. The highest BCUT2D eigenvalue weighted by molar-refractivity contribution is 7.25. The van der Waals surface area contributed by atoms with Gasteiger partial charge in [-0.2, -0.15) is 0 Å². The number of furan rings is 1. The van der Waals surface area contributed by atoms with Crippen molar-refractivity contribution >= 4 is 75.0 Å². The fourth-order valence-corrected chi connectivity index (χ4v) is 7.98. The molecule has 0 unspecified atom stereocenters. The molecule has 7 aromatic carbocycles. The summed E-state index contributed by atoms with van der Waals surface area (Å²) >= 11 is 1.79. The lowest BCUT2D eigenvalue weighted by Crippen LogP contribution is -2.01. The molecule has 0 radical (unpaired) electrons. The molecule has 3 heterocycles. The number of aromatic nitrogens is 3. The first-order valence-electron chi connectivity index (χ1n) is 15.3. The van der Waals surface area contributed by atoms with E-state index in [-0.39, 0.29) is 0 Å². The lowest BCUT2D eigenvalue weighted by atomic mass is 9.95. The average Bonchev–Trinajstić information content (AvgIpc) is 3.70. The molecule has 0 saturated heterocycles. The van der Waals surface area contributed by atoms with Crippen molar-refractivity contribution < 1.29 is 4.42 Å². The van der Waals surface area contributed by atoms with Crippen LogP contribution >= 0.6 is 11.3 Å². The van der Waals surface area contributed by atoms with Gasteiger partial charge in [0, 0.05) is 53.0 Å². The predicted molar refractivity (Wildman–Crippen MR) is 191 cm³/mol. The Hall–Kier alpha value is -5.91. The van der Waals surface area contributed by atoms with Crippen LogP contribution in [0.4, 0.5) is 0 Å². The summed E-state index contributed by atoms with van der Waals surface area (Å²) in [7, 11) is 0. The standard InChI is InChI=1S/C41H23N3OS/c1-2-12-25(13-3-1)39-42-40(30-17-10-20-34-36(30)29-16-7-9-19-33(29)46-34)44-41(43-39)31-23-26-22-21-24-11-4-5-14-27(24)35(26)38-37(31)28-15-6-8-18-32(28)45-38/h1-23H. The molecule has 3 aromatic heterocycles. The molecule has 0 aliphatic carbocycles. The van der Waals surface area contributed by atoms with Gasteiger partial charge in [0.25, 0.3) is 0 Å². The summed E-state index contributed by atoms with van der Waals surface area (Å²) in [6.45, 7) is 0. The van der Waals surface area contributed by atoms with E-state index in [1.807, 2.05) is 30.3 Å². The Kier molecular flexibility index (Phi) is 5.41. The molecule has 0 spiro atoms. The third kappa shape index (κ3) is 3.76. The molecule has 0 amide bonds. The molecule has 214 valence electrons. The van der Waals surface area contributed by atoms with Crippen LogP contribution in [0.1, 0.15) is 0 Å². The zero-order chi connectivity index (χ0) is 30.2. The van der Waals surface area contributed by atoms with Gasteiger partial charge in [-0.3, -0.25) is 0 Å². The topological polar surface area (TPSA) is 51.8 Å². The predicted octanol–water partition coefficient (Wildman–Crippen LogP) is 11.4. The molecule has 4 nitrogen and oxygen atoms in total. The van der Waals surface area contributed by atoms with Crippen LogP contribution in [0.3, 0.4) is 0 Å². The van der Waals surface area contributed by atoms with E-state index in [1.165, 1.54) is 25.6 Å². The Balaban J connectivity index is 1.34. The first-order chi connectivity index (χ1) is 22.8. The van der Waals surface area contributed by atoms with E-state index in [9.17, 15) is 0 Å². The lowest BCUT2D eigenvalue weighted by Gasteiger charge is -2.12. The number of hydrogen-bond donors (Lipinski definition) is 0. The van der Waals surface area contributed by atoms with Gasteiger partial charge in [-0.1, -0.05) is 115 Å². The minimum absolute atomic E-state index is 0.618. The Morgan fingerprint density at radius 1 is 0.435 bits per heavy atom. The molecule has 0 aliphatic heterocycles. The summed E-state index contributed by atoms with van der Waals surface area (Å²) in [6, 6.07) is 48.4. The van der Waals surface area contributed by atoms with Crippen molar-refractivity contribution in [1.82, 2.24) is 15.0 Å². The maximum atomic E-state index is 6.69. The van der Waals surface area contributed by atoms with Crippen molar-refractivity contribution in [2.45, 2.75) is 0 Å². The average molecular weight is 606 g/mol. The fourth-order valence-electron chi connectivity index (χ4n) is 6.85. The number of benzene rings is 7. The number of rotatable bonds is 3. The van der Waals surface area contributed by atoms with Gasteiger partial charge in [0.15, 0.2) is 17.5 Å². The van der Waals surface area contributed by atoms with Crippen LogP contribution < -0.4 is 0 Å². The van der Waals surface area contributed by atoms with Gasteiger partial charge >= 0.3 is 0 Å². The van der Waals surface area contributed by atoms with Crippen LogP contribution in [-0.2, 0) is 0 Å². The smallest absolute Gasteiger partial charge is 0.164 e.